The fourth-order valence-corrected chi connectivity index (χ4v) is 3.38. The molecular weight excluding hydrogens is 318 g/mol. The first-order chi connectivity index (χ1) is 9.55. The summed E-state index contributed by atoms with van der Waals surface area (Å²) >= 11 is 0. The average Bonchev–Trinajstić information content (AvgIpc) is 2.37. The third-order valence-electron chi connectivity index (χ3n) is 3.31. The second-order valence-corrected chi connectivity index (χ2v) is 5.82. The number of phenols is 1. The first kappa shape index (κ1) is 15.3. The van der Waals surface area contributed by atoms with Crippen molar-refractivity contribution in [1.82, 2.24) is 0 Å². The van der Waals surface area contributed by atoms with Crippen LogP contribution in [0.4, 0.5) is 0 Å². The molecule has 1 unspecified atom stereocenters. The maximum atomic E-state index is 11.7. The number of phenolic OH excluding ortho intramolecular Hbond substituents is 1. The molecule has 4 rings (SSSR count). The van der Waals surface area contributed by atoms with E-state index >= 15 is 0 Å². The van der Waals surface area contributed by atoms with E-state index in [0.29, 0.717) is 16.2 Å². The van der Waals surface area contributed by atoms with Crippen molar-refractivity contribution in [2.45, 2.75) is 0 Å². The number of hydrogen-bond donors (Lipinski definition) is 1. The average molecular weight is 326 g/mol. The van der Waals surface area contributed by atoms with Crippen LogP contribution in [0.5, 0.6) is 17.2 Å². The van der Waals surface area contributed by atoms with Crippen LogP contribution in [0.15, 0.2) is 42.5 Å². The SMILES string of the molecule is O=P1([O-])Oc2cccc3cc4cccc(O)c4c(c23)O1.[K+]. The molecule has 0 saturated heterocycles. The molecule has 21 heavy (non-hydrogen) atoms. The van der Waals surface area contributed by atoms with Gasteiger partial charge in [0.05, 0.1) is 10.8 Å². The minimum Gasteiger partial charge on any atom is -0.736 e. The number of benzene rings is 3. The van der Waals surface area contributed by atoms with E-state index < -0.39 is 7.82 Å². The largest absolute Gasteiger partial charge is 1.00 e. The summed E-state index contributed by atoms with van der Waals surface area (Å²) in [5.41, 5.74) is 0. The maximum Gasteiger partial charge on any atom is 1.00 e. The van der Waals surface area contributed by atoms with Gasteiger partial charge in [0.1, 0.15) is 11.5 Å². The minimum atomic E-state index is -4.47. The second-order valence-electron chi connectivity index (χ2n) is 4.56. The van der Waals surface area contributed by atoms with E-state index in [1.54, 1.807) is 24.3 Å². The summed E-state index contributed by atoms with van der Waals surface area (Å²) in [5.74, 6) is 0.305. The van der Waals surface area contributed by atoms with Gasteiger partial charge in [-0.15, -0.1) is 0 Å². The Labute approximate surface area is 162 Å². The van der Waals surface area contributed by atoms with Gasteiger partial charge in [-0.25, -0.2) is 4.57 Å². The van der Waals surface area contributed by atoms with Gasteiger partial charge in [-0.1, -0.05) is 24.3 Å². The molecule has 0 spiro atoms. The number of aromatic hydroxyl groups is 1. The van der Waals surface area contributed by atoms with Crippen LogP contribution in [0, 0.1) is 0 Å². The molecule has 3 aromatic rings. The molecule has 0 saturated carbocycles. The van der Waals surface area contributed by atoms with Gasteiger partial charge in [0, 0.05) is 0 Å². The molecule has 100 valence electrons. The Morgan fingerprint density at radius 1 is 1.00 bits per heavy atom. The molecule has 1 aliphatic heterocycles. The van der Waals surface area contributed by atoms with Crippen LogP contribution in [0.3, 0.4) is 0 Å². The predicted molar refractivity (Wildman–Crippen MR) is 72.0 cm³/mol. The molecule has 0 amide bonds. The maximum absolute atomic E-state index is 11.7. The second kappa shape index (κ2) is 5.24. The van der Waals surface area contributed by atoms with E-state index in [1.165, 1.54) is 6.07 Å². The van der Waals surface area contributed by atoms with E-state index in [-0.39, 0.29) is 68.6 Å². The third kappa shape index (κ3) is 2.41. The summed E-state index contributed by atoms with van der Waals surface area (Å²) in [6.45, 7) is 0. The summed E-state index contributed by atoms with van der Waals surface area (Å²) < 4.78 is 21.6. The Morgan fingerprint density at radius 2 is 1.67 bits per heavy atom. The summed E-state index contributed by atoms with van der Waals surface area (Å²) in [6, 6.07) is 11.9. The van der Waals surface area contributed by atoms with E-state index in [1.807, 2.05) is 12.1 Å². The molecule has 3 aromatic carbocycles. The first-order valence-corrected chi connectivity index (χ1v) is 7.39. The van der Waals surface area contributed by atoms with Gasteiger partial charge in [-0.3, -0.25) is 0 Å². The van der Waals surface area contributed by atoms with Gasteiger partial charge >= 0.3 is 59.2 Å². The van der Waals surface area contributed by atoms with Gasteiger partial charge in [0.25, 0.3) is 0 Å². The van der Waals surface area contributed by atoms with E-state index in [2.05, 4.69) is 0 Å². The van der Waals surface area contributed by atoms with Crippen molar-refractivity contribution in [3.63, 3.8) is 0 Å². The smallest absolute Gasteiger partial charge is 0.736 e. The van der Waals surface area contributed by atoms with Crippen LogP contribution in [0.1, 0.15) is 0 Å². The monoisotopic (exact) mass is 326 g/mol. The molecular formula is C14H8KO5P. The number of rotatable bonds is 0. The molecule has 0 bridgehead atoms. The summed E-state index contributed by atoms with van der Waals surface area (Å²) in [7, 11) is -4.47. The van der Waals surface area contributed by atoms with Crippen LogP contribution in [0.25, 0.3) is 21.5 Å². The quantitative estimate of drug-likeness (QED) is 0.356. The van der Waals surface area contributed by atoms with Crippen molar-refractivity contribution in [1.29, 1.82) is 0 Å². The van der Waals surface area contributed by atoms with Crippen molar-refractivity contribution in [2.75, 3.05) is 0 Å². The van der Waals surface area contributed by atoms with Gasteiger partial charge < -0.3 is 19.0 Å². The van der Waals surface area contributed by atoms with Crippen molar-refractivity contribution >= 4 is 29.4 Å². The Balaban J connectivity index is 0.00000132. The zero-order valence-corrected chi connectivity index (χ0v) is 15.1. The predicted octanol–water partition coefficient (Wildman–Crippen LogP) is -0.0578. The molecule has 0 fully saturated rings. The molecule has 5 nitrogen and oxygen atoms in total. The Hall–Kier alpha value is -0.594. The molecule has 1 N–H and O–H groups in total. The molecule has 0 radical (unpaired) electrons. The van der Waals surface area contributed by atoms with Crippen molar-refractivity contribution in [3.05, 3.63) is 42.5 Å². The molecule has 1 atom stereocenters. The number of phosphoric ester groups is 1. The van der Waals surface area contributed by atoms with Crippen LogP contribution in [-0.2, 0) is 4.57 Å². The fraction of sp³-hybridized carbons (Fsp3) is 0. The van der Waals surface area contributed by atoms with Crippen molar-refractivity contribution in [3.8, 4) is 17.2 Å². The topological polar surface area (TPSA) is 78.8 Å². The van der Waals surface area contributed by atoms with Gasteiger partial charge in [0.2, 0.25) is 0 Å². The first-order valence-electron chi connectivity index (χ1n) is 5.93. The summed E-state index contributed by atoms with van der Waals surface area (Å²) in [4.78, 5) is 11.7. The molecule has 1 heterocycles. The Bertz CT molecular complexity index is 900. The number of fused-ring (bicyclic) bond motifs is 2. The van der Waals surface area contributed by atoms with Gasteiger partial charge in [0.15, 0.2) is 5.75 Å². The normalized spacial score (nSPS) is 19.7. The molecule has 0 aromatic heterocycles. The third-order valence-corrected chi connectivity index (χ3v) is 4.14. The van der Waals surface area contributed by atoms with Crippen LogP contribution < -0.4 is 65.3 Å². The zero-order chi connectivity index (χ0) is 13.9. The van der Waals surface area contributed by atoms with E-state index in [4.69, 9.17) is 9.05 Å². The molecule has 1 aliphatic rings. The molecule has 0 aliphatic carbocycles. The Kier molecular flexibility index (Phi) is 3.82. The number of phosphoric acid groups is 1. The van der Waals surface area contributed by atoms with E-state index in [9.17, 15) is 14.6 Å². The Morgan fingerprint density at radius 3 is 2.43 bits per heavy atom. The fourth-order valence-electron chi connectivity index (χ4n) is 2.55. The minimum absolute atomic E-state index is 0. The van der Waals surface area contributed by atoms with E-state index in [0.717, 1.165) is 5.39 Å². The standard InChI is InChI=1S/C14H9O5P.K/c15-10-5-1-3-8-7-9-4-2-6-11-13(9)14(12(8)10)19-20(16,17)18-11;/h1-7,15H,(H,16,17);/q;+1/p-1. The van der Waals surface area contributed by atoms with Gasteiger partial charge in [-0.2, -0.15) is 0 Å². The number of hydrogen-bond acceptors (Lipinski definition) is 5. The zero-order valence-electron chi connectivity index (χ0n) is 11.1. The summed E-state index contributed by atoms with van der Waals surface area (Å²) in [6.07, 6.45) is 0. The van der Waals surface area contributed by atoms with Gasteiger partial charge in [-0.05, 0) is 29.0 Å². The summed E-state index contributed by atoms with van der Waals surface area (Å²) in [5, 5.41) is 12.4. The van der Waals surface area contributed by atoms with Crippen molar-refractivity contribution in [2.24, 2.45) is 0 Å². The van der Waals surface area contributed by atoms with Crippen LogP contribution in [-0.4, -0.2) is 5.11 Å². The van der Waals surface area contributed by atoms with Crippen molar-refractivity contribution < 1.29 is 75.0 Å². The van der Waals surface area contributed by atoms with Crippen LogP contribution >= 0.6 is 7.82 Å². The molecule has 7 heteroatoms. The van der Waals surface area contributed by atoms with Crippen LogP contribution in [0.2, 0.25) is 0 Å².